The predicted molar refractivity (Wildman–Crippen MR) is 50.6 cm³/mol. The SMILES string of the molecule is CC(C)(C)CC1CC(/C=N/O)C1. The summed E-state index contributed by atoms with van der Waals surface area (Å²) >= 11 is 0. The Morgan fingerprint density at radius 3 is 2.42 bits per heavy atom. The summed E-state index contributed by atoms with van der Waals surface area (Å²) in [5.41, 5.74) is 0.450. The third kappa shape index (κ3) is 2.84. The van der Waals surface area contributed by atoms with Gasteiger partial charge in [0.05, 0.1) is 0 Å². The molecule has 0 saturated heterocycles. The minimum absolute atomic E-state index is 0.450. The fourth-order valence-corrected chi connectivity index (χ4v) is 2.04. The van der Waals surface area contributed by atoms with Crippen molar-refractivity contribution in [3.8, 4) is 0 Å². The monoisotopic (exact) mass is 169 g/mol. The number of rotatable bonds is 2. The quantitative estimate of drug-likeness (QED) is 0.385. The Bertz CT molecular complexity index is 163. The van der Waals surface area contributed by atoms with Crippen molar-refractivity contribution in [1.82, 2.24) is 0 Å². The van der Waals surface area contributed by atoms with Crippen LogP contribution in [-0.2, 0) is 0 Å². The van der Waals surface area contributed by atoms with Gasteiger partial charge < -0.3 is 5.21 Å². The second-order valence-corrected chi connectivity index (χ2v) is 5.13. The van der Waals surface area contributed by atoms with E-state index in [-0.39, 0.29) is 0 Å². The van der Waals surface area contributed by atoms with Crippen molar-refractivity contribution in [2.75, 3.05) is 0 Å². The zero-order chi connectivity index (χ0) is 9.19. The third-order valence-electron chi connectivity index (χ3n) is 2.45. The van der Waals surface area contributed by atoms with E-state index < -0.39 is 0 Å². The maximum atomic E-state index is 8.29. The maximum absolute atomic E-state index is 8.29. The molecule has 0 amide bonds. The Morgan fingerprint density at radius 1 is 1.42 bits per heavy atom. The van der Waals surface area contributed by atoms with E-state index in [1.54, 1.807) is 6.21 Å². The number of hydrogen-bond donors (Lipinski definition) is 1. The predicted octanol–water partition coefficient (Wildman–Crippen LogP) is 2.91. The first-order chi connectivity index (χ1) is 5.51. The van der Waals surface area contributed by atoms with Crippen molar-refractivity contribution < 1.29 is 5.21 Å². The Morgan fingerprint density at radius 2 is 2.00 bits per heavy atom. The third-order valence-corrected chi connectivity index (χ3v) is 2.45. The van der Waals surface area contributed by atoms with E-state index in [1.165, 1.54) is 19.3 Å². The molecule has 0 aromatic carbocycles. The average Bonchev–Trinajstić information content (AvgIpc) is 1.80. The first-order valence-electron chi connectivity index (χ1n) is 4.69. The fourth-order valence-electron chi connectivity index (χ4n) is 2.04. The Kier molecular flexibility index (Phi) is 2.76. The van der Waals surface area contributed by atoms with Crippen LogP contribution in [0.1, 0.15) is 40.0 Å². The van der Waals surface area contributed by atoms with Crippen LogP contribution < -0.4 is 0 Å². The van der Waals surface area contributed by atoms with Gasteiger partial charge in [0.2, 0.25) is 0 Å². The van der Waals surface area contributed by atoms with Gasteiger partial charge in [-0.05, 0) is 36.5 Å². The van der Waals surface area contributed by atoms with Crippen molar-refractivity contribution in [2.24, 2.45) is 22.4 Å². The molecular formula is C10H19NO. The zero-order valence-electron chi connectivity index (χ0n) is 8.25. The van der Waals surface area contributed by atoms with E-state index in [0.29, 0.717) is 11.3 Å². The first-order valence-corrected chi connectivity index (χ1v) is 4.69. The molecule has 0 radical (unpaired) electrons. The summed E-state index contributed by atoms with van der Waals surface area (Å²) in [5, 5.41) is 11.4. The van der Waals surface area contributed by atoms with E-state index >= 15 is 0 Å². The van der Waals surface area contributed by atoms with Crippen molar-refractivity contribution >= 4 is 6.21 Å². The summed E-state index contributed by atoms with van der Waals surface area (Å²) < 4.78 is 0. The molecule has 0 atom stereocenters. The topological polar surface area (TPSA) is 32.6 Å². The van der Waals surface area contributed by atoms with E-state index in [1.807, 2.05) is 0 Å². The number of hydrogen-bond acceptors (Lipinski definition) is 2. The molecule has 1 aliphatic rings. The number of oxime groups is 1. The first kappa shape index (κ1) is 9.56. The lowest BCUT2D eigenvalue weighted by Gasteiger charge is -2.36. The van der Waals surface area contributed by atoms with Gasteiger partial charge in [-0.1, -0.05) is 20.8 Å². The molecule has 0 heterocycles. The second kappa shape index (κ2) is 3.46. The highest BCUT2D eigenvalue weighted by Gasteiger charge is 2.30. The van der Waals surface area contributed by atoms with Crippen LogP contribution in [0.2, 0.25) is 0 Å². The van der Waals surface area contributed by atoms with Gasteiger partial charge in [0.25, 0.3) is 0 Å². The van der Waals surface area contributed by atoms with E-state index in [0.717, 1.165) is 5.92 Å². The van der Waals surface area contributed by atoms with Gasteiger partial charge in [0.1, 0.15) is 0 Å². The summed E-state index contributed by atoms with van der Waals surface area (Å²) in [4.78, 5) is 0. The van der Waals surface area contributed by atoms with Crippen LogP contribution in [0.5, 0.6) is 0 Å². The van der Waals surface area contributed by atoms with Gasteiger partial charge in [0, 0.05) is 6.21 Å². The molecule has 1 fully saturated rings. The van der Waals surface area contributed by atoms with Crippen LogP contribution in [0.15, 0.2) is 5.16 Å². The molecule has 1 aliphatic carbocycles. The minimum Gasteiger partial charge on any atom is -0.411 e. The van der Waals surface area contributed by atoms with Crippen molar-refractivity contribution in [2.45, 2.75) is 40.0 Å². The normalized spacial score (nSPS) is 30.6. The lowest BCUT2D eigenvalue weighted by atomic mass is 9.69. The largest absolute Gasteiger partial charge is 0.411 e. The molecule has 0 aromatic rings. The molecule has 1 saturated carbocycles. The lowest BCUT2D eigenvalue weighted by molar-refractivity contribution is 0.174. The van der Waals surface area contributed by atoms with Gasteiger partial charge in [0.15, 0.2) is 0 Å². The molecule has 0 bridgehead atoms. The van der Waals surface area contributed by atoms with Crippen LogP contribution in [-0.4, -0.2) is 11.4 Å². The zero-order valence-corrected chi connectivity index (χ0v) is 8.25. The standard InChI is InChI=1S/C10H19NO/c1-10(2,3)6-8-4-9(5-8)7-11-12/h7-9,12H,4-6H2,1-3H3/b11-7+. The highest BCUT2D eigenvalue weighted by molar-refractivity contribution is 5.61. The molecule has 1 N–H and O–H groups in total. The molecule has 2 nitrogen and oxygen atoms in total. The Hall–Kier alpha value is -0.530. The molecule has 1 rings (SSSR count). The van der Waals surface area contributed by atoms with Gasteiger partial charge in [-0.2, -0.15) is 0 Å². The smallest absolute Gasteiger partial charge is 0.0467 e. The number of nitrogens with zero attached hydrogens (tertiary/aromatic N) is 1. The summed E-state index contributed by atoms with van der Waals surface area (Å²) in [7, 11) is 0. The van der Waals surface area contributed by atoms with Crippen LogP contribution in [0.25, 0.3) is 0 Å². The van der Waals surface area contributed by atoms with E-state index in [9.17, 15) is 0 Å². The summed E-state index contributed by atoms with van der Waals surface area (Å²) in [6.07, 6.45) is 5.38. The van der Waals surface area contributed by atoms with Gasteiger partial charge in [-0.25, -0.2) is 0 Å². The van der Waals surface area contributed by atoms with Crippen LogP contribution >= 0.6 is 0 Å². The average molecular weight is 169 g/mol. The summed E-state index contributed by atoms with van der Waals surface area (Å²) in [6, 6.07) is 0. The van der Waals surface area contributed by atoms with E-state index in [4.69, 9.17) is 5.21 Å². The molecular weight excluding hydrogens is 150 g/mol. The summed E-state index contributed by atoms with van der Waals surface area (Å²) in [6.45, 7) is 6.83. The van der Waals surface area contributed by atoms with Crippen molar-refractivity contribution in [1.29, 1.82) is 0 Å². The Balaban J connectivity index is 2.18. The van der Waals surface area contributed by atoms with Crippen molar-refractivity contribution in [3.63, 3.8) is 0 Å². The molecule has 12 heavy (non-hydrogen) atoms. The highest BCUT2D eigenvalue weighted by Crippen LogP contribution is 2.40. The van der Waals surface area contributed by atoms with E-state index in [2.05, 4.69) is 25.9 Å². The Labute approximate surface area is 74.7 Å². The summed E-state index contributed by atoms with van der Waals surface area (Å²) in [5.74, 6) is 1.40. The molecule has 0 aromatic heterocycles. The molecule has 0 aliphatic heterocycles. The van der Waals surface area contributed by atoms with Gasteiger partial charge >= 0.3 is 0 Å². The maximum Gasteiger partial charge on any atom is 0.0467 e. The van der Waals surface area contributed by atoms with Gasteiger partial charge in [-0.15, -0.1) is 5.16 Å². The van der Waals surface area contributed by atoms with Crippen LogP contribution in [0.4, 0.5) is 0 Å². The molecule has 0 unspecified atom stereocenters. The molecule has 70 valence electrons. The fraction of sp³-hybridized carbons (Fsp3) is 0.900. The van der Waals surface area contributed by atoms with Crippen LogP contribution in [0.3, 0.4) is 0 Å². The second-order valence-electron chi connectivity index (χ2n) is 5.13. The van der Waals surface area contributed by atoms with Crippen LogP contribution in [0, 0.1) is 17.3 Å². The minimum atomic E-state index is 0.450. The molecule has 0 spiro atoms. The highest BCUT2D eigenvalue weighted by atomic mass is 16.4. The lowest BCUT2D eigenvalue weighted by Crippen LogP contribution is -2.28. The van der Waals surface area contributed by atoms with Crippen molar-refractivity contribution in [3.05, 3.63) is 0 Å². The molecule has 2 heteroatoms. The van der Waals surface area contributed by atoms with Gasteiger partial charge in [-0.3, -0.25) is 0 Å².